The maximum Gasteiger partial charge on any atom is 0.185 e. The van der Waals surface area contributed by atoms with Crippen molar-refractivity contribution in [1.29, 1.82) is 0 Å². The first-order valence-electron chi connectivity index (χ1n) is 5.66. The summed E-state index contributed by atoms with van der Waals surface area (Å²) in [6, 6.07) is 1.95. The van der Waals surface area contributed by atoms with Crippen molar-refractivity contribution >= 4 is 16.8 Å². The summed E-state index contributed by atoms with van der Waals surface area (Å²) >= 11 is 0. The molecule has 0 bridgehead atoms. The molecule has 0 saturated heterocycles. The van der Waals surface area contributed by atoms with Gasteiger partial charge in [-0.15, -0.1) is 0 Å². The van der Waals surface area contributed by atoms with E-state index in [1.54, 1.807) is 14.0 Å². The molecule has 0 saturated carbocycles. The number of likely N-dealkylation sites (N-methyl/N-ethyl adjacent to an activating group) is 1. The lowest BCUT2D eigenvalue weighted by Gasteiger charge is -2.13. The zero-order valence-corrected chi connectivity index (χ0v) is 10.1. The number of benzene rings is 1. The molecule has 0 radical (unpaired) electrons. The summed E-state index contributed by atoms with van der Waals surface area (Å²) in [7, 11) is 1.58. The van der Waals surface area contributed by atoms with E-state index in [9.17, 15) is 13.6 Å². The van der Waals surface area contributed by atoms with Crippen molar-refractivity contribution in [2.24, 2.45) is 0 Å². The molecule has 96 valence electrons. The van der Waals surface area contributed by atoms with Crippen molar-refractivity contribution < 1.29 is 18.0 Å². The Labute approximate surface area is 103 Å². The molecule has 5 heteroatoms. The van der Waals surface area contributed by atoms with Crippen molar-refractivity contribution in [3.8, 4) is 0 Å². The molecule has 1 N–H and O–H groups in total. The van der Waals surface area contributed by atoms with Crippen LogP contribution >= 0.6 is 0 Å². The number of nitrogens with one attached hydrogen (secondary N) is 1. The number of furan rings is 1. The number of halogens is 2. The van der Waals surface area contributed by atoms with Crippen molar-refractivity contribution in [2.45, 2.75) is 19.4 Å². The van der Waals surface area contributed by atoms with Gasteiger partial charge in [0, 0.05) is 5.39 Å². The molecule has 0 amide bonds. The van der Waals surface area contributed by atoms with E-state index >= 15 is 0 Å². The third-order valence-corrected chi connectivity index (χ3v) is 2.96. The SMILES string of the molecule is CCC(NC)C(=O)c1c(F)cc2ccoc2c1F. The van der Waals surface area contributed by atoms with Crippen molar-refractivity contribution in [2.75, 3.05) is 7.05 Å². The highest BCUT2D eigenvalue weighted by atomic mass is 19.1. The molecule has 0 spiro atoms. The van der Waals surface area contributed by atoms with Gasteiger partial charge in [0.1, 0.15) is 5.82 Å². The summed E-state index contributed by atoms with van der Waals surface area (Å²) in [6.45, 7) is 1.76. The number of carbonyl (C=O) groups excluding carboxylic acids is 1. The second-order valence-corrected chi connectivity index (χ2v) is 4.00. The number of hydrogen-bond acceptors (Lipinski definition) is 3. The van der Waals surface area contributed by atoms with Crippen molar-refractivity contribution in [3.63, 3.8) is 0 Å². The Morgan fingerprint density at radius 3 is 2.83 bits per heavy atom. The Hall–Kier alpha value is -1.75. The summed E-state index contributed by atoms with van der Waals surface area (Å²) in [5, 5.41) is 3.04. The predicted octanol–water partition coefficient (Wildman–Crippen LogP) is 2.89. The number of rotatable bonds is 4. The molecular formula is C13H13F2NO2. The number of carbonyl (C=O) groups is 1. The summed E-state index contributed by atoms with van der Waals surface area (Å²) in [4.78, 5) is 12.0. The topological polar surface area (TPSA) is 42.2 Å². The predicted molar refractivity (Wildman–Crippen MR) is 63.6 cm³/mol. The molecule has 1 aromatic heterocycles. The van der Waals surface area contributed by atoms with E-state index in [0.29, 0.717) is 11.8 Å². The quantitative estimate of drug-likeness (QED) is 0.852. The Bertz CT molecular complexity index is 588. The second-order valence-electron chi connectivity index (χ2n) is 4.00. The maximum atomic E-state index is 14.1. The highest BCUT2D eigenvalue weighted by Gasteiger charge is 2.26. The van der Waals surface area contributed by atoms with E-state index < -0.39 is 29.0 Å². The summed E-state index contributed by atoms with van der Waals surface area (Å²) in [6.07, 6.45) is 1.71. The fourth-order valence-electron chi connectivity index (χ4n) is 1.96. The fraction of sp³-hybridized carbons (Fsp3) is 0.308. The minimum absolute atomic E-state index is 0.0919. The van der Waals surface area contributed by atoms with Gasteiger partial charge in [-0.05, 0) is 25.6 Å². The normalized spacial score (nSPS) is 12.9. The van der Waals surface area contributed by atoms with Crippen LogP contribution in [0.4, 0.5) is 8.78 Å². The number of ketones is 1. The Kier molecular flexibility index (Phi) is 3.43. The molecule has 1 unspecified atom stereocenters. The van der Waals surface area contributed by atoms with E-state index in [2.05, 4.69) is 5.32 Å². The van der Waals surface area contributed by atoms with Crippen LogP contribution in [0.15, 0.2) is 22.8 Å². The van der Waals surface area contributed by atoms with Crippen LogP contribution in [0.2, 0.25) is 0 Å². The lowest BCUT2D eigenvalue weighted by molar-refractivity contribution is 0.0936. The lowest BCUT2D eigenvalue weighted by atomic mass is 10.00. The van der Waals surface area contributed by atoms with E-state index in [1.165, 1.54) is 12.3 Å². The summed E-state index contributed by atoms with van der Waals surface area (Å²) in [5.74, 6) is -2.40. The van der Waals surface area contributed by atoms with Crippen LogP contribution in [0, 0.1) is 11.6 Å². The van der Waals surface area contributed by atoms with Gasteiger partial charge in [0.15, 0.2) is 17.2 Å². The average molecular weight is 253 g/mol. The van der Waals surface area contributed by atoms with Gasteiger partial charge < -0.3 is 9.73 Å². The number of fused-ring (bicyclic) bond motifs is 1. The van der Waals surface area contributed by atoms with Crippen LogP contribution in [0.5, 0.6) is 0 Å². The van der Waals surface area contributed by atoms with E-state index in [4.69, 9.17) is 4.42 Å². The molecule has 0 fully saturated rings. The third-order valence-electron chi connectivity index (χ3n) is 2.96. The molecule has 3 nitrogen and oxygen atoms in total. The van der Waals surface area contributed by atoms with Gasteiger partial charge >= 0.3 is 0 Å². The van der Waals surface area contributed by atoms with Crippen LogP contribution in [-0.4, -0.2) is 18.9 Å². The molecular weight excluding hydrogens is 240 g/mol. The van der Waals surface area contributed by atoms with Gasteiger partial charge in [-0.25, -0.2) is 8.78 Å². The van der Waals surface area contributed by atoms with Gasteiger partial charge in [0.05, 0.1) is 17.9 Å². The standard InChI is InChI=1S/C13H13F2NO2/c1-3-9(16-2)12(17)10-8(14)6-7-4-5-18-13(7)11(10)15/h4-6,9,16H,3H2,1-2H3. The molecule has 2 aromatic rings. The maximum absolute atomic E-state index is 14.1. The minimum atomic E-state index is -0.936. The Morgan fingerprint density at radius 2 is 2.22 bits per heavy atom. The first-order chi connectivity index (χ1) is 8.60. The van der Waals surface area contributed by atoms with Crippen LogP contribution in [0.1, 0.15) is 23.7 Å². The monoisotopic (exact) mass is 253 g/mol. The highest BCUT2D eigenvalue weighted by molar-refractivity contribution is 6.03. The van der Waals surface area contributed by atoms with Gasteiger partial charge in [-0.3, -0.25) is 4.79 Å². The Balaban J connectivity index is 2.59. The van der Waals surface area contributed by atoms with Crippen LogP contribution in [0.25, 0.3) is 11.0 Å². The summed E-state index contributed by atoms with van der Waals surface area (Å²) in [5.41, 5.74) is -0.635. The van der Waals surface area contributed by atoms with Gasteiger partial charge in [0.25, 0.3) is 0 Å². The first-order valence-corrected chi connectivity index (χ1v) is 5.66. The molecule has 2 rings (SSSR count). The number of Topliss-reactive ketones (excluding diaryl/α,β-unsaturated/α-hetero) is 1. The van der Waals surface area contributed by atoms with Gasteiger partial charge in [-0.1, -0.05) is 6.92 Å². The first kappa shape index (κ1) is 12.7. The van der Waals surface area contributed by atoms with Gasteiger partial charge in [-0.2, -0.15) is 0 Å². The van der Waals surface area contributed by atoms with Crippen LogP contribution < -0.4 is 5.32 Å². The molecule has 1 heterocycles. The average Bonchev–Trinajstić information content (AvgIpc) is 2.78. The molecule has 0 aliphatic heterocycles. The largest absolute Gasteiger partial charge is 0.461 e. The highest BCUT2D eigenvalue weighted by Crippen LogP contribution is 2.26. The second kappa shape index (κ2) is 4.86. The molecule has 0 aliphatic carbocycles. The molecule has 1 aromatic carbocycles. The van der Waals surface area contributed by atoms with E-state index in [1.807, 2.05) is 0 Å². The summed E-state index contributed by atoms with van der Waals surface area (Å²) < 4.78 is 32.8. The third kappa shape index (κ3) is 1.90. The molecule has 0 aliphatic rings. The zero-order chi connectivity index (χ0) is 13.3. The van der Waals surface area contributed by atoms with E-state index in [0.717, 1.165) is 6.07 Å². The lowest BCUT2D eigenvalue weighted by Crippen LogP contribution is -2.34. The molecule has 18 heavy (non-hydrogen) atoms. The smallest absolute Gasteiger partial charge is 0.185 e. The fourth-order valence-corrected chi connectivity index (χ4v) is 1.96. The van der Waals surface area contributed by atoms with Crippen molar-refractivity contribution in [3.05, 3.63) is 35.6 Å². The van der Waals surface area contributed by atoms with Crippen LogP contribution in [-0.2, 0) is 0 Å². The Morgan fingerprint density at radius 1 is 1.50 bits per heavy atom. The van der Waals surface area contributed by atoms with Gasteiger partial charge in [0.2, 0.25) is 0 Å². The number of hydrogen-bond donors (Lipinski definition) is 1. The van der Waals surface area contributed by atoms with Crippen LogP contribution in [0.3, 0.4) is 0 Å². The minimum Gasteiger partial charge on any atom is -0.461 e. The van der Waals surface area contributed by atoms with Crippen molar-refractivity contribution in [1.82, 2.24) is 5.32 Å². The zero-order valence-electron chi connectivity index (χ0n) is 10.1. The van der Waals surface area contributed by atoms with E-state index in [-0.39, 0.29) is 5.58 Å². The molecule has 1 atom stereocenters.